The number of nitrogens with zero attached hydrogens (tertiary/aromatic N) is 2. The highest BCUT2D eigenvalue weighted by Gasteiger charge is 2.25. The minimum absolute atomic E-state index is 0.222. The Morgan fingerprint density at radius 1 is 0.367 bits per heavy atom. The van der Waals surface area contributed by atoms with E-state index in [-0.39, 0.29) is 11.4 Å². The number of hydrogen-bond donors (Lipinski definition) is 5. The third-order valence-electron chi connectivity index (χ3n) is 11.2. The van der Waals surface area contributed by atoms with Crippen molar-refractivity contribution in [2.45, 2.75) is 0 Å². The van der Waals surface area contributed by atoms with Crippen LogP contribution in [0, 0.1) is 5.82 Å². The number of hydrogen-bond acceptors (Lipinski definition) is 6. The summed E-state index contributed by atoms with van der Waals surface area (Å²) in [5, 5.41) is 56.6. The average molecular weight is 787 g/mol. The summed E-state index contributed by atoms with van der Waals surface area (Å²) >= 11 is 0. The Hall–Kier alpha value is -8.23. The van der Waals surface area contributed by atoms with E-state index in [2.05, 4.69) is 107 Å². The van der Waals surface area contributed by atoms with Crippen molar-refractivity contribution in [2.24, 2.45) is 0 Å². The van der Waals surface area contributed by atoms with E-state index in [1.165, 1.54) is 12.1 Å². The summed E-state index contributed by atoms with van der Waals surface area (Å²) < 4.78 is 16.2. The van der Waals surface area contributed by atoms with Crippen molar-refractivity contribution in [3.05, 3.63) is 188 Å². The molecule has 60 heavy (non-hydrogen) atoms. The van der Waals surface area contributed by atoms with E-state index in [1.807, 2.05) is 48.5 Å². The number of aromatic hydroxyl groups is 5. The Labute approximate surface area is 343 Å². The maximum Gasteiger partial charge on any atom is 0.208 e. The lowest BCUT2D eigenvalue weighted by Gasteiger charge is -2.26. The first-order valence-corrected chi connectivity index (χ1v) is 19.3. The summed E-state index contributed by atoms with van der Waals surface area (Å²) in [5.41, 5.74) is 9.34. The second-order valence-electron chi connectivity index (χ2n) is 14.7. The van der Waals surface area contributed by atoms with Crippen LogP contribution in [0.2, 0.25) is 0 Å². The molecule has 0 radical (unpaired) electrons. The van der Waals surface area contributed by atoms with E-state index in [1.54, 1.807) is 24.3 Å². The lowest BCUT2D eigenvalue weighted by atomic mass is 9.99. The zero-order valence-electron chi connectivity index (χ0n) is 31.8. The van der Waals surface area contributed by atoms with Gasteiger partial charge in [-0.15, -0.1) is 0 Å². The number of rotatable bonds is 7. The van der Waals surface area contributed by atoms with Crippen molar-refractivity contribution >= 4 is 49.6 Å². The minimum atomic E-state index is -1.01. The second-order valence-corrected chi connectivity index (χ2v) is 14.7. The topological polar surface area (TPSA) is 109 Å². The van der Waals surface area contributed by atoms with Gasteiger partial charge in [0.15, 0.2) is 11.5 Å². The van der Waals surface area contributed by atoms with Crippen molar-refractivity contribution in [1.82, 2.24) is 4.57 Å². The van der Waals surface area contributed by atoms with Gasteiger partial charge in [-0.3, -0.25) is 0 Å². The first-order chi connectivity index (χ1) is 29.2. The normalized spacial score (nSPS) is 11.4. The van der Waals surface area contributed by atoms with Gasteiger partial charge in [-0.05, 0) is 117 Å². The van der Waals surface area contributed by atoms with Crippen molar-refractivity contribution in [3.63, 3.8) is 0 Å². The molecule has 0 atom stereocenters. The Kier molecular flexibility index (Phi) is 8.61. The van der Waals surface area contributed by atoms with Gasteiger partial charge in [-0.2, -0.15) is 0 Å². The fraction of sp³-hybridized carbons (Fsp3) is 0. The predicted molar refractivity (Wildman–Crippen MR) is 238 cm³/mol. The van der Waals surface area contributed by atoms with Crippen LogP contribution in [0.5, 0.6) is 28.7 Å². The molecule has 0 aliphatic heterocycles. The minimum Gasteiger partial charge on any atom is -0.504 e. The van der Waals surface area contributed by atoms with Gasteiger partial charge >= 0.3 is 0 Å². The van der Waals surface area contributed by atoms with E-state index in [0.29, 0.717) is 5.56 Å². The average Bonchev–Trinajstić information content (AvgIpc) is 3.62. The third kappa shape index (κ3) is 6.06. The molecule has 0 aliphatic rings. The summed E-state index contributed by atoms with van der Waals surface area (Å²) in [5.74, 6) is -4.72. The van der Waals surface area contributed by atoms with Gasteiger partial charge in [0.2, 0.25) is 17.2 Å². The highest BCUT2D eigenvalue weighted by atomic mass is 19.1. The van der Waals surface area contributed by atoms with Gasteiger partial charge in [0.1, 0.15) is 5.82 Å². The lowest BCUT2D eigenvalue weighted by Crippen LogP contribution is -2.09. The first-order valence-electron chi connectivity index (χ1n) is 19.3. The highest BCUT2D eigenvalue weighted by molar-refractivity contribution is 6.12. The van der Waals surface area contributed by atoms with Gasteiger partial charge in [0.05, 0.1) is 16.6 Å². The van der Waals surface area contributed by atoms with E-state index in [0.717, 1.165) is 77.6 Å². The Balaban J connectivity index is 1.10. The lowest BCUT2D eigenvalue weighted by molar-refractivity contribution is 0.330. The van der Waals surface area contributed by atoms with Crippen molar-refractivity contribution < 1.29 is 29.9 Å². The van der Waals surface area contributed by atoms with Crippen molar-refractivity contribution in [1.29, 1.82) is 0 Å². The molecule has 0 fully saturated rings. The number of phenolic OH excluding ortho intramolecular Hbond substituents is 5. The molecule has 1 aromatic heterocycles. The molecule has 1 heterocycles. The number of aromatic nitrogens is 1. The highest BCUT2D eigenvalue weighted by Crippen LogP contribution is 2.55. The molecule has 10 rings (SSSR count). The van der Waals surface area contributed by atoms with Crippen LogP contribution in [0.25, 0.3) is 71.6 Å². The largest absolute Gasteiger partial charge is 0.504 e. The molecular formula is C52H35FN2O5. The second kappa shape index (κ2) is 14.3. The van der Waals surface area contributed by atoms with Crippen LogP contribution in [-0.4, -0.2) is 30.1 Å². The molecule has 0 spiro atoms. The monoisotopic (exact) mass is 786 g/mol. The Bertz CT molecular complexity index is 3220. The summed E-state index contributed by atoms with van der Waals surface area (Å²) in [7, 11) is 0. The van der Waals surface area contributed by atoms with Gasteiger partial charge in [0, 0.05) is 33.5 Å². The third-order valence-corrected chi connectivity index (χ3v) is 11.2. The van der Waals surface area contributed by atoms with E-state index in [9.17, 15) is 29.9 Å². The van der Waals surface area contributed by atoms with E-state index < -0.39 is 28.7 Å². The van der Waals surface area contributed by atoms with E-state index >= 15 is 0 Å². The fourth-order valence-electron chi connectivity index (χ4n) is 8.18. The molecule has 5 N–H and O–H groups in total. The number of anilines is 3. The van der Waals surface area contributed by atoms with Crippen LogP contribution in [0.15, 0.2) is 182 Å². The molecule has 290 valence electrons. The van der Waals surface area contributed by atoms with Crippen LogP contribution >= 0.6 is 0 Å². The molecule has 0 amide bonds. The molecule has 0 unspecified atom stereocenters. The van der Waals surface area contributed by atoms with Crippen LogP contribution in [0.3, 0.4) is 0 Å². The molecular weight excluding hydrogens is 752 g/mol. The standard InChI is InChI=1S/C52H35FN2O5/c53-38-17-24-40(25-18-38)54(42-23-14-32-8-4-5-9-35(32)28-42)39-19-12-34(13-20-39)36-16-27-45-44(29-36)43-26-15-37(47-48(56)50(58)52(60)51(59)49(47)57)30-46(43)55(45)41-21-10-33(11-22-41)31-6-2-1-3-7-31/h1-30,56-60H. The van der Waals surface area contributed by atoms with Crippen LogP contribution in [-0.2, 0) is 0 Å². The summed E-state index contributed by atoms with van der Waals surface area (Å²) in [4.78, 5) is 2.11. The van der Waals surface area contributed by atoms with Crippen molar-refractivity contribution in [3.8, 4) is 67.8 Å². The van der Waals surface area contributed by atoms with Crippen molar-refractivity contribution in [2.75, 3.05) is 4.90 Å². The number of phenols is 5. The Morgan fingerprint density at radius 2 is 0.900 bits per heavy atom. The van der Waals surface area contributed by atoms with Crippen LogP contribution in [0.1, 0.15) is 0 Å². The van der Waals surface area contributed by atoms with Gasteiger partial charge in [-0.1, -0.05) is 103 Å². The predicted octanol–water partition coefficient (Wildman–Crippen LogP) is 13.1. The number of fused-ring (bicyclic) bond motifs is 4. The van der Waals surface area contributed by atoms with E-state index in [4.69, 9.17) is 0 Å². The molecule has 10 aromatic rings. The smallest absolute Gasteiger partial charge is 0.208 e. The SMILES string of the molecule is Oc1c(O)c(O)c(-c2ccc3c4cc(-c5ccc(N(c6ccc(F)cc6)c6ccc7ccccc7c6)cc5)ccc4n(-c4ccc(-c5ccccc5)cc4)c3c2)c(O)c1O. The van der Waals surface area contributed by atoms with Gasteiger partial charge < -0.3 is 35.0 Å². The summed E-state index contributed by atoms with van der Waals surface area (Å²) in [6, 6.07) is 59.1. The zero-order valence-corrected chi connectivity index (χ0v) is 31.8. The Morgan fingerprint density at radius 3 is 1.60 bits per heavy atom. The molecule has 0 aliphatic carbocycles. The first kappa shape index (κ1) is 36.1. The molecule has 0 saturated carbocycles. The molecule has 8 heteroatoms. The maximum absolute atomic E-state index is 14.1. The number of benzene rings is 9. The molecule has 9 aromatic carbocycles. The number of halogens is 1. The maximum atomic E-state index is 14.1. The molecule has 0 bridgehead atoms. The van der Waals surface area contributed by atoms with Crippen LogP contribution < -0.4 is 4.90 Å². The quantitative estimate of drug-likeness (QED) is 0.0813. The van der Waals surface area contributed by atoms with Crippen LogP contribution in [0.4, 0.5) is 21.5 Å². The molecule has 0 saturated heterocycles. The summed E-state index contributed by atoms with van der Waals surface area (Å²) in [6.45, 7) is 0. The zero-order chi connectivity index (χ0) is 41.1. The molecule has 7 nitrogen and oxygen atoms in total. The fourth-order valence-corrected chi connectivity index (χ4v) is 8.18. The van der Waals surface area contributed by atoms with Gasteiger partial charge in [-0.25, -0.2) is 4.39 Å². The van der Waals surface area contributed by atoms with Gasteiger partial charge in [0.25, 0.3) is 0 Å². The summed E-state index contributed by atoms with van der Waals surface area (Å²) in [6.07, 6.45) is 0.